The number of amides is 3. The predicted molar refractivity (Wildman–Crippen MR) is 59.7 cm³/mol. The Morgan fingerprint density at radius 1 is 1.35 bits per heavy atom. The van der Waals surface area contributed by atoms with Crippen molar-refractivity contribution in [1.82, 2.24) is 10.2 Å². The maximum Gasteiger partial charge on any atom is 0.252 e. The molecular weight excluding hydrogens is 222 g/mol. The van der Waals surface area contributed by atoms with Crippen LogP contribution in [0.1, 0.15) is 33.1 Å². The van der Waals surface area contributed by atoms with E-state index >= 15 is 0 Å². The number of piperazine rings is 1. The second kappa shape index (κ2) is 3.53. The molecular formula is C11H17N3O3. The van der Waals surface area contributed by atoms with Crippen LogP contribution in [0.5, 0.6) is 0 Å². The van der Waals surface area contributed by atoms with Crippen molar-refractivity contribution in [2.75, 3.05) is 6.54 Å². The summed E-state index contributed by atoms with van der Waals surface area (Å²) in [5, 5.41) is 2.23. The molecule has 94 valence electrons. The third kappa shape index (κ3) is 1.72. The highest BCUT2D eigenvalue weighted by molar-refractivity contribution is 6.07. The molecule has 6 heteroatoms. The Balaban J connectivity index is 2.26. The smallest absolute Gasteiger partial charge is 0.252 e. The number of nitrogens with two attached hydrogens (primary N) is 1. The highest BCUT2D eigenvalue weighted by atomic mass is 16.2. The fourth-order valence-electron chi connectivity index (χ4n) is 2.15. The van der Waals surface area contributed by atoms with Gasteiger partial charge in [-0.2, -0.15) is 0 Å². The van der Waals surface area contributed by atoms with Crippen molar-refractivity contribution in [1.29, 1.82) is 0 Å². The van der Waals surface area contributed by atoms with Gasteiger partial charge in [0.25, 0.3) is 5.91 Å². The third-order valence-corrected chi connectivity index (χ3v) is 3.70. The molecule has 17 heavy (non-hydrogen) atoms. The fraction of sp³-hybridized carbons (Fsp3) is 0.727. The summed E-state index contributed by atoms with van der Waals surface area (Å²) in [5.74, 6) is -1.20. The van der Waals surface area contributed by atoms with Gasteiger partial charge in [-0.15, -0.1) is 0 Å². The molecule has 1 saturated carbocycles. The van der Waals surface area contributed by atoms with Crippen LogP contribution in [0.15, 0.2) is 0 Å². The van der Waals surface area contributed by atoms with E-state index in [2.05, 4.69) is 5.32 Å². The van der Waals surface area contributed by atoms with E-state index in [0.717, 1.165) is 6.42 Å². The quantitative estimate of drug-likeness (QED) is 0.582. The van der Waals surface area contributed by atoms with E-state index in [4.69, 9.17) is 5.73 Å². The Morgan fingerprint density at radius 2 is 1.94 bits per heavy atom. The summed E-state index contributed by atoms with van der Waals surface area (Å²) in [7, 11) is 0. The van der Waals surface area contributed by atoms with Crippen LogP contribution >= 0.6 is 0 Å². The Hall–Kier alpha value is -1.43. The van der Waals surface area contributed by atoms with Crippen LogP contribution in [0, 0.1) is 0 Å². The zero-order valence-corrected chi connectivity index (χ0v) is 10.1. The molecule has 0 spiro atoms. The van der Waals surface area contributed by atoms with E-state index < -0.39 is 22.9 Å². The number of nitrogens with zero attached hydrogens (tertiary/aromatic N) is 1. The average Bonchev–Trinajstić information content (AvgIpc) is 2.19. The Morgan fingerprint density at radius 3 is 2.41 bits per heavy atom. The molecule has 0 aromatic carbocycles. The lowest BCUT2D eigenvalue weighted by Crippen LogP contribution is -2.71. The molecule has 0 unspecified atom stereocenters. The zero-order valence-electron chi connectivity index (χ0n) is 10.1. The van der Waals surface area contributed by atoms with Crippen molar-refractivity contribution in [2.24, 2.45) is 5.73 Å². The number of imide groups is 1. The molecule has 1 aliphatic heterocycles. The van der Waals surface area contributed by atoms with Crippen molar-refractivity contribution in [2.45, 2.75) is 44.2 Å². The van der Waals surface area contributed by atoms with Crippen molar-refractivity contribution in [3.8, 4) is 0 Å². The van der Waals surface area contributed by atoms with Gasteiger partial charge in [-0.05, 0) is 33.1 Å². The number of rotatable bonds is 1. The lowest BCUT2D eigenvalue weighted by Gasteiger charge is -2.47. The van der Waals surface area contributed by atoms with Crippen LogP contribution in [0.2, 0.25) is 0 Å². The van der Waals surface area contributed by atoms with Crippen molar-refractivity contribution in [3.63, 3.8) is 0 Å². The van der Waals surface area contributed by atoms with E-state index in [-0.39, 0.29) is 12.5 Å². The average molecular weight is 239 g/mol. The summed E-state index contributed by atoms with van der Waals surface area (Å²) in [6.45, 7) is 3.14. The lowest BCUT2D eigenvalue weighted by atomic mass is 9.75. The molecule has 0 aromatic heterocycles. The topological polar surface area (TPSA) is 92.5 Å². The van der Waals surface area contributed by atoms with E-state index in [1.54, 1.807) is 13.8 Å². The molecule has 6 nitrogen and oxygen atoms in total. The molecule has 2 aliphatic rings. The normalized spacial score (nSPS) is 26.2. The van der Waals surface area contributed by atoms with E-state index in [0.29, 0.717) is 12.8 Å². The molecule has 1 saturated heterocycles. The van der Waals surface area contributed by atoms with Crippen LogP contribution in [0.25, 0.3) is 0 Å². The first-order valence-corrected chi connectivity index (χ1v) is 5.73. The molecule has 3 amide bonds. The minimum Gasteiger partial charge on any atom is -0.318 e. The van der Waals surface area contributed by atoms with Gasteiger partial charge in [0.1, 0.15) is 12.1 Å². The van der Waals surface area contributed by atoms with Crippen molar-refractivity contribution in [3.05, 3.63) is 0 Å². The Kier molecular flexibility index (Phi) is 2.50. The molecule has 3 N–H and O–H groups in total. The van der Waals surface area contributed by atoms with Gasteiger partial charge in [0.2, 0.25) is 11.8 Å². The maximum atomic E-state index is 12.3. The van der Waals surface area contributed by atoms with Crippen molar-refractivity contribution < 1.29 is 14.4 Å². The highest BCUT2D eigenvalue weighted by Crippen LogP contribution is 2.33. The SMILES string of the molecule is CC1(C)C(=O)NC(=O)CN1C(=O)C1(N)CCC1. The predicted octanol–water partition coefficient (Wildman–Crippen LogP) is -0.869. The van der Waals surface area contributed by atoms with E-state index in [9.17, 15) is 14.4 Å². The first-order chi connectivity index (χ1) is 7.77. The molecule has 0 radical (unpaired) electrons. The molecule has 0 bridgehead atoms. The van der Waals surface area contributed by atoms with Gasteiger partial charge < -0.3 is 10.6 Å². The zero-order chi connectivity index (χ0) is 12.8. The monoisotopic (exact) mass is 239 g/mol. The highest BCUT2D eigenvalue weighted by Gasteiger charge is 2.50. The van der Waals surface area contributed by atoms with Gasteiger partial charge in [0.05, 0.1) is 5.54 Å². The second-order valence-electron chi connectivity index (χ2n) is 5.34. The van der Waals surface area contributed by atoms with Gasteiger partial charge >= 0.3 is 0 Å². The van der Waals surface area contributed by atoms with Gasteiger partial charge in [-0.3, -0.25) is 19.7 Å². The first kappa shape index (κ1) is 12.0. The molecule has 1 heterocycles. The summed E-state index contributed by atoms with van der Waals surface area (Å²) < 4.78 is 0. The van der Waals surface area contributed by atoms with E-state index in [1.165, 1.54) is 4.90 Å². The first-order valence-electron chi connectivity index (χ1n) is 5.73. The summed E-state index contributed by atoms with van der Waals surface area (Å²) in [4.78, 5) is 36.6. The van der Waals surface area contributed by atoms with Crippen molar-refractivity contribution >= 4 is 17.7 Å². The van der Waals surface area contributed by atoms with Gasteiger partial charge in [-0.1, -0.05) is 0 Å². The standard InChI is InChI=1S/C11H17N3O3/c1-10(2)8(16)13-7(15)6-14(10)9(17)11(12)4-3-5-11/h3-6,12H2,1-2H3,(H,13,15,16). The lowest BCUT2D eigenvalue weighted by molar-refractivity contribution is -0.160. The summed E-state index contributed by atoms with van der Waals surface area (Å²) in [6, 6.07) is 0. The minimum atomic E-state index is -1.02. The van der Waals surface area contributed by atoms with Crippen LogP contribution in [0.4, 0.5) is 0 Å². The maximum absolute atomic E-state index is 12.3. The van der Waals surface area contributed by atoms with E-state index in [1.807, 2.05) is 0 Å². The number of carbonyl (C=O) groups is 3. The van der Waals surface area contributed by atoms with Gasteiger partial charge in [-0.25, -0.2) is 0 Å². The number of hydrogen-bond donors (Lipinski definition) is 2. The number of nitrogens with one attached hydrogen (secondary N) is 1. The van der Waals surface area contributed by atoms with Crippen LogP contribution < -0.4 is 11.1 Å². The van der Waals surface area contributed by atoms with Crippen LogP contribution in [0.3, 0.4) is 0 Å². The Bertz CT molecular complexity index is 399. The van der Waals surface area contributed by atoms with Gasteiger partial charge in [0.15, 0.2) is 0 Å². The summed E-state index contributed by atoms with van der Waals surface area (Å²) in [5.41, 5.74) is 4.05. The molecule has 0 aromatic rings. The number of hydrogen-bond acceptors (Lipinski definition) is 4. The molecule has 2 rings (SSSR count). The molecule has 0 atom stereocenters. The van der Waals surface area contributed by atoms with Gasteiger partial charge in [0, 0.05) is 0 Å². The molecule has 2 fully saturated rings. The summed E-state index contributed by atoms with van der Waals surface area (Å²) >= 11 is 0. The Labute approximate surface area is 99.5 Å². The largest absolute Gasteiger partial charge is 0.318 e. The molecule has 1 aliphatic carbocycles. The number of carbonyl (C=O) groups excluding carboxylic acids is 3. The fourth-order valence-corrected chi connectivity index (χ4v) is 2.15. The minimum absolute atomic E-state index is 0.101. The third-order valence-electron chi connectivity index (χ3n) is 3.70. The van der Waals surface area contributed by atoms with Crippen LogP contribution in [-0.4, -0.2) is 40.2 Å². The van der Waals surface area contributed by atoms with Crippen LogP contribution in [-0.2, 0) is 14.4 Å². The second-order valence-corrected chi connectivity index (χ2v) is 5.34. The summed E-state index contributed by atoms with van der Waals surface area (Å²) in [6.07, 6.45) is 2.15.